The lowest BCUT2D eigenvalue weighted by Crippen LogP contribution is -1.62. The van der Waals surface area contributed by atoms with E-state index in [1.807, 2.05) is 6.07 Å². The van der Waals surface area contributed by atoms with Crippen LogP contribution < -0.4 is 0 Å². The van der Waals surface area contributed by atoms with Crippen LogP contribution in [0.5, 0.6) is 0 Å². The molecule has 0 aliphatic heterocycles. The van der Waals surface area contributed by atoms with Gasteiger partial charge in [0, 0.05) is 0 Å². The maximum Gasteiger partial charge on any atom is 0.137 e. The zero-order valence-electron chi connectivity index (χ0n) is 9.26. The molecule has 0 atom stereocenters. The molecule has 2 aromatic rings. The van der Waals surface area contributed by atoms with Crippen molar-refractivity contribution in [3.63, 3.8) is 0 Å². The number of nitrogens with zero attached hydrogens (tertiary/aromatic N) is 3. The first-order valence-corrected chi connectivity index (χ1v) is 4.96. The van der Waals surface area contributed by atoms with Crippen molar-refractivity contribution in [2.45, 2.75) is 0 Å². The number of rotatable bonds is 3. The third kappa shape index (κ3) is 4.01. The van der Waals surface area contributed by atoms with Gasteiger partial charge in [-0.25, -0.2) is 0 Å². The quantitative estimate of drug-likeness (QED) is 0.739. The average Bonchev–Trinajstić information content (AvgIpc) is 2.48. The molecule has 2 rings (SSSR count). The summed E-state index contributed by atoms with van der Waals surface area (Å²) in [4.78, 5) is 29.6. The maximum atomic E-state index is 9.94. The number of benzene rings is 2. The Morgan fingerprint density at radius 2 is 1.00 bits per heavy atom. The first-order valence-electron chi connectivity index (χ1n) is 4.96. The maximum absolute atomic E-state index is 9.94. The van der Waals surface area contributed by atoms with E-state index in [9.17, 15) is 14.7 Å². The molecule has 0 N–H and O–H groups in total. The summed E-state index contributed by atoms with van der Waals surface area (Å²) in [6, 6.07) is 14.8. The van der Waals surface area contributed by atoms with Gasteiger partial charge >= 0.3 is 0 Å². The highest BCUT2D eigenvalue weighted by molar-refractivity contribution is 5.60. The van der Waals surface area contributed by atoms with E-state index >= 15 is 0 Å². The Morgan fingerprint density at radius 3 is 1.33 bits per heavy atom. The molecule has 0 aromatic heterocycles. The fourth-order valence-corrected chi connectivity index (χ4v) is 1.11. The lowest BCUT2D eigenvalue weighted by molar-refractivity contribution is 1.42. The van der Waals surface area contributed by atoms with Crippen molar-refractivity contribution in [2.75, 3.05) is 0 Å². The summed E-state index contributed by atoms with van der Waals surface area (Å²) < 4.78 is 0. The van der Waals surface area contributed by atoms with Gasteiger partial charge in [0.1, 0.15) is 17.1 Å². The van der Waals surface area contributed by atoms with E-state index in [2.05, 4.69) is 15.5 Å². The molecular formula is C12H9N3O3. The van der Waals surface area contributed by atoms with Crippen LogP contribution in [0.25, 0.3) is 0 Å². The summed E-state index contributed by atoms with van der Waals surface area (Å²) in [6.07, 6.45) is 0. The summed E-state index contributed by atoms with van der Waals surface area (Å²) in [5.74, 6) is 0. The lowest BCUT2D eigenvalue weighted by atomic mass is 10.3. The van der Waals surface area contributed by atoms with Crippen molar-refractivity contribution in [3.8, 4) is 0 Å². The van der Waals surface area contributed by atoms with Crippen molar-refractivity contribution < 1.29 is 0 Å². The second-order valence-corrected chi connectivity index (χ2v) is 3.10. The smallest absolute Gasteiger partial charge is 0.137 e. The van der Waals surface area contributed by atoms with Gasteiger partial charge in [0.25, 0.3) is 0 Å². The Morgan fingerprint density at radius 1 is 0.556 bits per heavy atom. The molecule has 0 amide bonds. The van der Waals surface area contributed by atoms with E-state index in [1.165, 1.54) is 12.1 Å². The minimum absolute atomic E-state index is 0.0810. The molecule has 0 aliphatic carbocycles. The second-order valence-electron chi connectivity index (χ2n) is 3.10. The van der Waals surface area contributed by atoms with Crippen LogP contribution in [-0.2, 0) is 0 Å². The van der Waals surface area contributed by atoms with Crippen LogP contribution in [0.3, 0.4) is 0 Å². The van der Waals surface area contributed by atoms with Gasteiger partial charge in [-0.15, -0.1) is 14.7 Å². The van der Waals surface area contributed by atoms with Gasteiger partial charge < -0.3 is 0 Å². The molecule has 0 saturated carbocycles. The van der Waals surface area contributed by atoms with E-state index in [4.69, 9.17) is 0 Å². The van der Waals surface area contributed by atoms with Crippen LogP contribution in [0, 0.1) is 14.7 Å². The molecule has 6 nitrogen and oxygen atoms in total. The number of nitroso groups, excluding NO2 is 3. The lowest BCUT2D eigenvalue weighted by Gasteiger charge is -1.88. The number of hydrogen-bond acceptors (Lipinski definition) is 6. The van der Waals surface area contributed by atoms with Gasteiger partial charge in [-0.3, -0.25) is 0 Å². The zero-order chi connectivity index (χ0) is 13.2. The van der Waals surface area contributed by atoms with Crippen LogP contribution in [0.2, 0.25) is 0 Å². The van der Waals surface area contributed by atoms with Crippen molar-refractivity contribution in [2.24, 2.45) is 15.5 Å². The van der Waals surface area contributed by atoms with Crippen LogP contribution in [0.4, 0.5) is 17.1 Å². The highest BCUT2D eigenvalue weighted by Gasteiger charge is 1.98. The van der Waals surface area contributed by atoms with Crippen LogP contribution in [0.15, 0.2) is 70.1 Å². The summed E-state index contributed by atoms with van der Waals surface area (Å²) in [6.45, 7) is 0. The normalized spacial score (nSPS) is 8.67. The Kier molecular flexibility index (Phi) is 5.55. The molecule has 0 saturated heterocycles. The number of hydrogen-bond donors (Lipinski definition) is 0. The van der Waals surface area contributed by atoms with E-state index in [0.29, 0.717) is 5.69 Å². The van der Waals surface area contributed by atoms with E-state index in [-0.39, 0.29) is 11.4 Å². The fourth-order valence-electron chi connectivity index (χ4n) is 1.11. The van der Waals surface area contributed by atoms with E-state index in [0.717, 1.165) is 0 Å². The molecule has 0 radical (unpaired) electrons. The van der Waals surface area contributed by atoms with Gasteiger partial charge in [0.05, 0.1) is 0 Å². The molecular weight excluding hydrogens is 234 g/mol. The average molecular weight is 243 g/mol. The van der Waals surface area contributed by atoms with Gasteiger partial charge in [-0.05, 0) is 39.8 Å². The Labute approximate surface area is 103 Å². The molecule has 0 fully saturated rings. The largest absolute Gasteiger partial charge is 0.145 e. The van der Waals surface area contributed by atoms with E-state index in [1.54, 1.807) is 36.4 Å². The molecule has 0 spiro atoms. The predicted molar refractivity (Wildman–Crippen MR) is 69.2 cm³/mol. The molecule has 0 bridgehead atoms. The van der Waals surface area contributed by atoms with Gasteiger partial charge in [-0.2, -0.15) is 0 Å². The van der Waals surface area contributed by atoms with Gasteiger partial charge in [0.15, 0.2) is 0 Å². The first-order chi connectivity index (χ1) is 8.81. The standard InChI is InChI=1S/C6H4N2O2.C6H5NO/c9-7-5-3-1-2-4-6(5)8-10;8-7-6-4-2-1-3-5-6/h1-4H;1-5H. The summed E-state index contributed by atoms with van der Waals surface area (Å²) >= 11 is 0. The molecule has 6 heteroatoms. The minimum atomic E-state index is 0.0810. The molecule has 18 heavy (non-hydrogen) atoms. The third-order valence-corrected chi connectivity index (χ3v) is 1.94. The highest BCUT2D eigenvalue weighted by atomic mass is 16.3. The van der Waals surface area contributed by atoms with Crippen LogP contribution in [-0.4, -0.2) is 0 Å². The highest BCUT2D eigenvalue weighted by Crippen LogP contribution is 2.25. The predicted octanol–water partition coefficient (Wildman–Crippen LogP) is 4.57. The SMILES string of the molecule is O=Nc1ccccc1.O=Nc1ccccc1N=O. The zero-order valence-corrected chi connectivity index (χ0v) is 9.26. The Hall–Kier alpha value is -2.76. The molecule has 0 aliphatic rings. The topological polar surface area (TPSA) is 88.3 Å². The molecule has 90 valence electrons. The van der Waals surface area contributed by atoms with Crippen LogP contribution in [0.1, 0.15) is 0 Å². The Bertz CT molecular complexity index is 502. The van der Waals surface area contributed by atoms with E-state index < -0.39 is 0 Å². The Balaban J connectivity index is 0.000000184. The second kappa shape index (κ2) is 7.50. The van der Waals surface area contributed by atoms with Gasteiger partial charge in [-0.1, -0.05) is 30.3 Å². The van der Waals surface area contributed by atoms with Crippen molar-refractivity contribution >= 4 is 17.1 Å². The summed E-state index contributed by atoms with van der Waals surface area (Å²) in [7, 11) is 0. The minimum Gasteiger partial charge on any atom is -0.145 e. The molecule has 0 unspecified atom stereocenters. The van der Waals surface area contributed by atoms with Crippen LogP contribution >= 0.6 is 0 Å². The third-order valence-electron chi connectivity index (χ3n) is 1.94. The fraction of sp³-hybridized carbons (Fsp3) is 0. The summed E-state index contributed by atoms with van der Waals surface area (Å²) in [5, 5.41) is 7.92. The van der Waals surface area contributed by atoms with Crippen molar-refractivity contribution in [1.82, 2.24) is 0 Å². The van der Waals surface area contributed by atoms with Gasteiger partial charge in [0.2, 0.25) is 0 Å². The summed E-state index contributed by atoms with van der Waals surface area (Å²) in [5.41, 5.74) is 0.641. The van der Waals surface area contributed by atoms with Crippen molar-refractivity contribution in [1.29, 1.82) is 0 Å². The molecule has 2 aromatic carbocycles. The molecule has 0 heterocycles. The van der Waals surface area contributed by atoms with Crippen molar-refractivity contribution in [3.05, 3.63) is 69.3 Å². The monoisotopic (exact) mass is 243 g/mol. The first kappa shape index (κ1) is 13.3.